The smallest absolute Gasteiger partial charge is 0.0537 e. The van der Waals surface area contributed by atoms with Crippen LogP contribution in [0.3, 0.4) is 0 Å². The third-order valence-electron chi connectivity index (χ3n) is 3.38. The molecule has 0 aliphatic heterocycles. The quantitative estimate of drug-likeness (QED) is 0.806. The maximum atomic E-state index is 4.43. The standard InChI is InChI=1S/C16H23N3/c1-13(2)19-14(3)16(12-18-19)11-17-10-9-15-7-5-4-6-8-15/h4-8,12-13,17H,9-11H2,1-3H3. The molecule has 19 heavy (non-hydrogen) atoms. The van der Waals surface area contributed by atoms with Crippen molar-refractivity contribution in [2.24, 2.45) is 0 Å². The molecule has 0 radical (unpaired) electrons. The molecule has 0 atom stereocenters. The lowest BCUT2D eigenvalue weighted by molar-refractivity contribution is 0.517. The van der Waals surface area contributed by atoms with Crippen LogP contribution < -0.4 is 5.32 Å². The Morgan fingerprint density at radius 1 is 1.21 bits per heavy atom. The van der Waals surface area contributed by atoms with Gasteiger partial charge in [-0.25, -0.2) is 0 Å². The van der Waals surface area contributed by atoms with E-state index in [1.807, 2.05) is 6.20 Å². The number of benzene rings is 1. The van der Waals surface area contributed by atoms with E-state index < -0.39 is 0 Å². The summed E-state index contributed by atoms with van der Waals surface area (Å²) in [6, 6.07) is 11.0. The van der Waals surface area contributed by atoms with Crippen LogP contribution in [-0.4, -0.2) is 16.3 Å². The monoisotopic (exact) mass is 257 g/mol. The van der Waals surface area contributed by atoms with Crippen LogP contribution >= 0.6 is 0 Å². The lowest BCUT2D eigenvalue weighted by Gasteiger charge is -2.09. The molecule has 0 saturated carbocycles. The normalized spacial score (nSPS) is 11.2. The summed E-state index contributed by atoms with van der Waals surface area (Å²) in [4.78, 5) is 0. The van der Waals surface area contributed by atoms with Crippen molar-refractivity contribution >= 4 is 0 Å². The van der Waals surface area contributed by atoms with Crippen LogP contribution in [0.5, 0.6) is 0 Å². The fourth-order valence-electron chi connectivity index (χ4n) is 2.25. The summed E-state index contributed by atoms with van der Waals surface area (Å²) in [6.45, 7) is 8.35. The minimum Gasteiger partial charge on any atom is -0.312 e. The van der Waals surface area contributed by atoms with Gasteiger partial charge in [0.25, 0.3) is 0 Å². The Balaban J connectivity index is 1.80. The Morgan fingerprint density at radius 2 is 1.95 bits per heavy atom. The van der Waals surface area contributed by atoms with Crippen molar-refractivity contribution in [3.63, 3.8) is 0 Å². The average molecular weight is 257 g/mol. The van der Waals surface area contributed by atoms with E-state index in [0.29, 0.717) is 6.04 Å². The molecule has 0 aliphatic carbocycles. The van der Waals surface area contributed by atoms with Crippen molar-refractivity contribution < 1.29 is 0 Å². The molecule has 2 rings (SSSR count). The van der Waals surface area contributed by atoms with Crippen LogP contribution in [0.2, 0.25) is 0 Å². The molecule has 1 aromatic heterocycles. The van der Waals surface area contributed by atoms with E-state index >= 15 is 0 Å². The summed E-state index contributed by atoms with van der Waals surface area (Å²) < 4.78 is 2.08. The molecule has 0 amide bonds. The molecule has 0 fully saturated rings. The third-order valence-corrected chi connectivity index (χ3v) is 3.38. The fraction of sp³-hybridized carbons (Fsp3) is 0.438. The molecule has 3 heteroatoms. The second-order valence-electron chi connectivity index (χ2n) is 5.21. The van der Waals surface area contributed by atoms with Crippen LogP contribution in [0.15, 0.2) is 36.5 Å². The zero-order valence-corrected chi connectivity index (χ0v) is 12.1. The fourth-order valence-corrected chi connectivity index (χ4v) is 2.25. The first-order valence-electron chi connectivity index (χ1n) is 6.96. The van der Waals surface area contributed by atoms with E-state index in [1.165, 1.54) is 16.8 Å². The Labute approximate surface area is 115 Å². The maximum Gasteiger partial charge on any atom is 0.0537 e. The van der Waals surface area contributed by atoms with Crippen LogP contribution in [0, 0.1) is 6.92 Å². The molecular formula is C16H23N3. The summed E-state index contributed by atoms with van der Waals surface area (Å²) in [7, 11) is 0. The van der Waals surface area contributed by atoms with Crippen LogP contribution in [0.4, 0.5) is 0 Å². The molecular weight excluding hydrogens is 234 g/mol. The molecule has 1 heterocycles. The predicted octanol–water partition coefficient (Wildman–Crippen LogP) is 3.10. The molecule has 2 aromatic rings. The molecule has 102 valence electrons. The van der Waals surface area contributed by atoms with Gasteiger partial charge in [-0.15, -0.1) is 0 Å². The van der Waals surface area contributed by atoms with Gasteiger partial charge in [0.05, 0.1) is 6.20 Å². The van der Waals surface area contributed by atoms with Crippen LogP contribution in [-0.2, 0) is 13.0 Å². The average Bonchev–Trinajstić information content (AvgIpc) is 2.77. The van der Waals surface area contributed by atoms with Crippen molar-refractivity contribution in [3.05, 3.63) is 53.3 Å². The van der Waals surface area contributed by atoms with Gasteiger partial charge in [-0.3, -0.25) is 4.68 Å². The summed E-state index contributed by atoms with van der Waals surface area (Å²) >= 11 is 0. The molecule has 0 saturated heterocycles. The summed E-state index contributed by atoms with van der Waals surface area (Å²) in [5.41, 5.74) is 3.94. The second-order valence-corrected chi connectivity index (χ2v) is 5.21. The van der Waals surface area contributed by atoms with E-state index in [4.69, 9.17) is 0 Å². The van der Waals surface area contributed by atoms with Gasteiger partial charge < -0.3 is 5.32 Å². The van der Waals surface area contributed by atoms with Crippen LogP contribution in [0.1, 0.15) is 36.7 Å². The number of hydrogen-bond donors (Lipinski definition) is 1. The van der Waals surface area contributed by atoms with E-state index in [0.717, 1.165) is 19.5 Å². The summed E-state index contributed by atoms with van der Waals surface area (Å²) in [5, 5.41) is 7.92. The molecule has 0 unspecified atom stereocenters. The predicted molar refractivity (Wildman–Crippen MR) is 79.2 cm³/mol. The van der Waals surface area contributed by atoms with Gasteiger partial charge >= 0.3 is 0 Å². The van der Waals surface area contributed by atoms with Gasteiger partial charge in [0.2, 0.25) is 0 Å². The molecule has 0 aliphatic rings. The minimum atomic E-state index is 0.429. The first-order chi connectivity index (χ1) is 9.18. The zero-order valence-electron chi connectivity index (χ0n) is 12.1. The third kappa shape index (κ3) is 3.67. The van der Waals surface area contributed by atoms with Gasteiger partial charge in [0.15, 0.2) is 0 Å². The molecule has 0 spiro atoms. The van der Waals surface area contributed by atoms with E-state index in [1.54, 1.807) is 0 Å². The van der Waals surface area contributed by atoms with Gasteiger partial charge in [0.1, 0.15) is 0 Å². The van der Waals surface area contributed by atoms with Gasteiger partial charge in [-0.05, 0) is 39.3 Å². The highest BCUT2D eigenvalue weighted by Gasteiger charge is 2.07. The Hall–Kier alpha value is -1.61. The first kappa shape index (κ1) is 13.8. The Morgan fingerprint density at radius 3 is 2.58 bits per heavy atom. The lowest BCUT2D eigenvalue weighted by Crippen LogP contribution is -2.17. The topological polar surface area (TPSA) is 29.9 Å². The second kappa shape index (κ2) is 6.53. The van der Waals surface area contributed by atoms with Gasteiger partial charge in [-0.1, -0.05) is 30.3 Å². The van der Waals surface area contributed by atoms with E-state index in [-0.39, 0.29) is 0 Å². The van der Waals surface area contributed by atoms with E-state index in [2.05, 4.69) is 66.2 Å². The lowest BCUT2D eigenvalue weighted by atomic mass is 10.1. The summed E-state index contributed by atoms with van der Waals surface area (Å²) in [6.07, 6.45) is 3.04. The number of nitrogens with one attached hydrogen (secondary N) is 1. The highest BCUT2D eigenvalue weighted by molar-refractivity contribution is 5.17. The zero-order chi connectivity index (χ0) is 13.7. The van der Waals surface area contributed by atoms with E-state index in [9.17, 15) is 0 Å². The van der Waals surface area contributed by atoms with Crippen molar-refractivity contribution in [2.75, 3.05) is 6.54 Å². The SMILES string of the molecule is Cc1c(CNCCc2ccccc2)cnn1C(C)C. The molecule has 3 nitrogen and oxygen atoms in total. The number of hydrogen-bond acceptors (Lipinski definition) is 2. The van der Waals surface area contributed by atoms with Crippen LogP contribution in [0.25, 0.3) is 0 Å². The molecule has 1 aromatic carbocycles. The molecule has 1 N–H and O–H groups in total. The number of nitrogens with zero attached hydrogens (tertiary/aromatic N) is 2. The van der Waals surface area contributed by atoms with Gasteiger partial charge in [0, 0.05) is 23.8 Å². The van der Waals surface area contributed by atoms with Crippen molar-refractivity contribution in [1.82, 2.24) is 15.1 Å². The molecule has 0 bridgehead atoms. The largest absolute Gasteiger partial charge is 0.312 e. The highest BCUT2D eigenvalue weighted by Crippen LogP contribution is 2.12. The minimum absolute atomic E-state index is 0.429. The summed E-state index contributed by atoms with van der Waals surface area (Å²) in [5.74, 6) is 0. The van der Waals surface area contributed by atoms with Crippen molar-refractivity contribution in [3.8, 4) is 0 Å². The van der Waals surface area contributed by atoms with Crippen molar-refractivity contribution in [2.45, 2.75) is 39.8 Å². The Kier molecular flexibility index (Phi) is 4.74. The van der Waals surface area contributed by atoms with Crippen molar-refractivity contribution in [1.29, 1.82) is 0 Å². The number of rotatable bonds is 6. The number of aromatic nitrogens is 2. The van der Waals surface area contributed by atoms with Gasteiger partial charge in [-0.2, -0.15) is 5.10 Å². The maximum absolute atomic E-state index is 4.43. The first-order valence-corrected chi connectivity index (χ1v) is 6.96. The Bertz CT molecular complexity index is 500. The highest BCUT2D eigenvalue weighted by atomic mass is 15.3.